The molecular weight excluding hydrogens is 449 g/mol. The van der Waals surface area contributed by atoms with E-state index in [4.69, 9.17) is 0 Å². The van der Waals surface area contributed by atoms with Gasteiger partial charge in [0, 0.05) is 36.5 Å². The minimum absolute atomic E-state index is 0.0494. The van der Waals surface area contributed by atoms with E-state index in [2.05, 4.69) is 30.7 Å². The monoisotopic (exact) mass is 470 g/mol. The number of fused-ring (bicyclic) bond motifs is 3. The molecule has 4 heterocycles. The Balaban J connectivity index is 1.28. The summed E-state index contributed by atoms with van der Waals surface area (Å²) in [6.45, 7) is 3.92. The van der Waals surface area contributed by atoms with Gasteiger partial charge < -0.3 is 10.2 Å². The predicted octanol–water partition coefficient (Wildman–Crippen LogP) is 4.91. The zero-order chi connectivity index (χ0) is 22.7. The van der Waals surface area contributed by atoms with Gasteiger partial charge in [-0.25, -0.2) is 17.7 Å². The highest BCUT2D eigenvalue weighted by molar-refractivity contribution is 7.10. The van der Waals surface area contributed by atoms with Crippen molar-refractivity contribution in [3.8, 4) is 11.1 Å². The van der Waals surface area contributed by atoms with Crippen LogP contribution in [0.1, 0.15) is 18.5 Å². The molecule has 4 aromatic rings. The Morgan fingerprint density at radius 2 is 1.82 bits per heavy atom. The van der Waals surface area contributed by atoms with Gasteiger partial charge in [0.05, 0.1) is 5.69 Å². The Kier molecular flexibility index (Phi) is 4.79. The van der Waals surface area contributed by atoms with Gasteiger partial charge in [-0.3, -0.25) is 0 Å². The molecule has 0 radical (unpaired) electrons. The molecule has 0 spiro atoms. The van der Waals surface area contributed by atoms with Crippen molar-refractivity contribution in [2.24, 2.45) is 11.8 Å². The van der Waals surface area contributed by atoms with Crippen LogP contribution < -0.4 is 10.2 Å². The number of piperidine rings is 1. The average molecular weight is 471 g/mol. The first-order valence-electron chi connectivity index (χ1n) is 10.9. The van der Waals surface area contributed by atoms with E-state index in [0.717, 1.165) is 37.7 Å². The van der Waals surface area contributed by atoms with Gasteiger partial charge in [0.1, 0.15) is 5.00 Å². The van der Waals surface area contributed by atoms with E-state index in [1.54, 1.807) is 29.9 Å². The Labute approximate surface area is 192 Å². The summed E-state index contributed by atoms with van der Waals surface area (Å²) in [6, 6.07) is 7.84. The molecule has 1 N–H and O–H groups in total. The van der Waals surface area contributed by atoms with Gasteiger partial charge in [-0.15, -0.1) is 5.10 Å². The van der Waals surface area contributed by atoms with Gasteiger partial charge in [0.25, 0.3) is 0 Å². The van der Waals surface area contributed by atoms with E-state index >= 15 is 0 Å². The number of hydrogen-bond acceptors (Lipinski definition) is 6. The third-order valence-electron chi connectivity index (χ3n) is 6.74. The topological polar surface area (TPSA) is 58.4 Å². The summed E-state index contributed by atoms with van der Waals surface area (Å²) >= 11 is 1.55. The second-order valence-corrected chi connectivity index (χ2v) is 9.61. The Morgan fingerprint density at radius 3 is 2.55 bits per heavy atom. The maximum atomic E-state index is 14.4. The zero-order valence-corrected chi connectivity index (χ0v) is 18.6. The maximum absolute atomic E-state index is 14.4. The fourth-order valence-corrected chi connectivity index (χ4v) is 5.98. The van der Waals surface area contributed by atoms with Crippen molar-refractivity contribution < 1.29 is 13.2 Å². The predicted molar refractivity (Wildman–Crippen MR) is 121 cm³/mol. The third-order valence-corrected chi connectivity index (χ3v) is 7.69. The minimum Gasteiger partial charge on any atom is -0.361 e. The van der Waals surface area contributed by atoms with Crippen molar-refractivity contribution in [1.82, 2.24) is 19.0 Å². The molecule has 1 saturated carbocycles. The summed E-state index contributed by atoms with van der Waals surface area (Å²) in [5, 5.41) is 9.25. The number of aromatic nitrogens is 4. The summed E-state index contributed by atoms with van der Waals surface area (Å²) in [5.74, 6) is -2.57. The van der Waals surface area contributed by atoms with Crippen LogP contribution in [0, 0.1) is 36.2 Å². The molecule has 1 aromatic carbocycles. The van der Waals surface area contributed by atoms with Crippen molar-refractivity contribution in [3.05, 3.63) is 59.7 Å². The first-order chi connectivity index (χ1) is 16.0. The second-order valence-electron chi connectivity index (χ2n) is 8.83. The molecule has 3 aromatic heterocycles. The lowest BCUT2D eigenvalue weighted by atomic mass is 9.92. The molecular formula is C23H21F3N6S. The summed E-state index contributed by atoms with van der Waals surface area (Å²) in [4.78, 5) is 7.01. The van der Waals surface area contributed by atoms with Gasteiger partial charge in [-0.1, -0.05) is 0 Å². The van der Waals surface area contributed by atoms with Crippen LogP contribution in [0.5, 0.6) is 0 Å². The molecule has 10 heteroatoms. The quantitative estimate of drug-likeness (QED) is 0.430. The second kappa shape index (κ2) is 7.72. The van der Waals surface area contributed by atoms with Gasteiger partial charge in [-0.2, -0.15) is 9.36 Å². The number of pyridine rings is 1. The number of halogens is 3. The van der Waals surface area contributed by atoms with Gasteiger partial charge in [0.2, 0.25) is 5.95 Å². The van der Waals surface area contributed by atoms with Crippen LogP contribution in [0.4, 0.5) is 24.1 Å². The molecule has 1 saturated heterocycles. The van der Waals surface area contributed by atoms with Crippen LogP contribution in [0.25, 0.3) is 16.8 Å². The van der Waals surface area contributed by atoms with Crippen molar-refractivity contribution in [2.75, 3.05) is 23.3 Å². The standard InChI is InChI=1S/C23H21F3N6S/c1-12-9-18(33-30-12)31-10-13-4-5-14(11-31)21(13)27-23-28-22-16(3-2-8-32(22)29-23)15-6-7-17(24)20(26)19(15)25/h2-3,6-9,13-14,21H,4-5,10-11H2,1H3,(H,27,29)/t13-,14?,21?/m0/s1. The van der Waals surface area contributed by atoms with Crippen LogP contribution in [-0.2, 0) is 0 Å². The first kappa shape index (κ1) is 20.5. The average Bonchev–Trinajstić information content (AvgIpc) is 3.48. The van der Waals surface area contributed by atoms with Crippen molar-refractivity contribution in [3.63, 3.8) is 0 Å². The van der Waals surface area contributed by atoms with E-state index in [1.807, 2.05) is 6.92 Å². The van der Waals surface area contributed by atoms with Crippen LogP contribution in [-0.4, -0.2) is 38.1 Å². The van der Waals surface area contributed by atoms with Crippen molar-refractivity contribution in [1.29, 1.82) is 0 Å². The van der Waals surface area contributed by atoms with E-state index < -0.39 is 17.5 Å². The number of aryl methyl sites for hydroxylation is 1. The lowest BCUT2D eigenvalue weighted by Gasteiger charge is -2.38. The maximum Gasteiger partial charge on any atom is 0.243 e. The van der Waals surface area contributed by atoms with E-state index in [9.17, 15) is 13.2 Å². The van der Waals surface area contributed by atoms with E-state index in [-0.39, 0.29) is 11.6 Å². The minimum atomic E-state index is -1.49. The molecule has 0 amide bonds. The fraction of sp³-hybridized carbons (Fsp3) is 0.348. The van der Waals surface area contributed by atoms with Crippen LogP contribution >= 0.6 is 11.5 Å². The summed E-state index contributed by atoms with van der Waals surface area (Å²) in [7, 11) is 0. The number of hydrogen-bond donors (Lipinski definition) is 1. The Morgan fingerprint density at radius 1 is 1.03 bits per heavy atom. The van der Waals surface area contributed by atoms with Gasteiger partial charge in [0.15, 0.2) is 23.1 Å². The number of rotatable bonds is 4. The van der Waals surface area contributed by atoms with E-state index in [1.165, 1.54) is 15.6 Å². The molecule has 2 bridgehead atoms. The SMILES string of the molecule is Cc1cc(N2CC3CC[C@@H](C2)C3Nc2nc3c(-c4ccc(F)c(F)c4F)cccn3n2)sn1. The van der Waals surface area contributed by atoms with Crippen LogP contribution in [0.2, 0.25) is 0 Å². The molecule has 1 aliphatic heterocycles. The molecule has 2 aliphatic rings. The molecule has 33 heavy (non-hydrogen) atoms. The van der Waals surface area contributed by atoms with Crippen LogP contribution in [0.3, 0.4) is 0 Å². The first-order valence-corrected chi connectivity index (χ1v) is 11.7. The zero-order valence-electron chi connectivity index (χ0n) is 17.8. The highest BCUT2D eigenvalue weighted by atomic mass is 32.1. The number of nitrogens with zero attached hydrogens (tertiary/aromatic N) is 5. The molecule has 6 rings (SSSR count). The Hall–Kier alpha value is -3.14. The number of benzene rings is 1. The molecule has 170 valence electrons. The number of nitrogens with one attached hydrogen (secondary N) is 1. The fourth-order valence-electron chi connectivity index (χ4n) is 5.20. The van der Waals surface area contributed by atoms with Gasteiger partial charge in [-0.05, 0) is 73.5 Å². The molecule has 2 fully saturated rings. The molecule has 6 nitrogen and oxygen atoms in total. The lowest BCUT2D eigenvalue weighted by molar-refractivity contribution is 0.377. The number of anilines is 2. The lowest BCUT2D eigenvalue weighted by Crippen LogP contribution is -2.48. The smallest absolute Gasteiger partial charge is 0.243 e. The van der Waals surface area contributed by atoms with E-state index in [0.29, 0.717) is 29.0 Å². The van der Waals surface area contributed by atoms with Crippen molar-refractivity contribution in [2.45, 2.75) is 25.8 Å². The normalized spacial score (nSPS) is 22.3. The summed E-state index contributed by atoms with van der Waals surface area (Å²) < 4.78 is 47.6. The Bertz CT molecular complexity index is 1340. The summed E-state index contributed by atoms with van der Waals surface area (Å²) in [5.41, 5.74) is 1.74. The van der Waals surface area contributed by atoms with Crippen LogP contribution in [0.15, 0.2) is 36.5 Å². The third kappa shape index (κ3) is 3.43. The molecule has 3 atom stereocenters. The largest absolute Gasteiger partial charge is 0.361 e. The highest BCUT2D eigenvalue weighted by Crippen LogP contribution is 2.41. The summed E-state index contributed by atoms with van der Waals surface area (Å²) in [6.07, 6.45) is 3.97. The highest BCUT2D eigenvalue weighted by Gasteiger charge is 2.43. The van der Waals surface area contributed by atoms with Gasteiger partial charge >= 0.3 is 0 Å². The van der Waals surface area contributed by atoms with Crippen molar-refractivity contribution >= 4 is 28.1 Å². The molecule has 2 unspecified atom stereocenters. The molecule has 1 aliphatic carbocycles.